The third-order valence-electron chi connectivity index (χ3n) is 4.88. The third kappa shape index (κ3) is 6.51. The fourth-order valence-electron chi connectivity index (χ4n) is 3.22. The van der Waals surface area contributed by atoms with Gasteiger partial charge in [-0.15, -0.1) is 0 Å². The number of carbonyl (C=O) groups is 1. The van der Waals surface area contributed by atoms with E-state index in [9.17, 15) is 4.79 Å². The van der Waals surface area contributed by atoms with Gasteiger partial charge in [-0.3, -0.25) is 4.79 Å². The van der Waals surface area contributed by atoms with Gasteiger partial charge in [0, 0.05) is 5.02 Å². The SMILES string of the molecule is CCOc1cc(/C=C2\SC(=Nc3ccc(OC)cc3)NC2=O)cc(Cl)c1OCc1ccc(Cl)cc1. The minimum atomic E-state index is -0.237. The number of nitrogens with zero attached hydrogens (tertiary/aromatic N) is 1. The van der Waals surface area contributed by atoms with Crippen LogP contribution in [0.15, 0.2) is 70.6 Å². The summed E-state index contributed by atoms with van der Waals surface area (Å²) in [6, 6.07) is 18.2. The molecule has 0 radical (unpaired) electrons. The molecule has 9 heteroatoms. The van der Waals surface area contributed by atoms with E-state index in [-0.39, 0.29) is 5.91 Å². The largest absolute Gasteiger partial charge is 0.497 e. The lowest BCUT2D eigenvalue weighted by molar-refractivity contribution is -0.115. The van der Waals surface area contributed by atoms with Gasteiger partial charge in [0.25, 0.3) is 5.91 Å². The molecule has 0 aromatic heterocycles. The molecule has 1 N–H and O–H groups in total. The van der Waals surface area contributed by atoms with Gasteiger partial charge in [-0.2, -0.15) is 0 Å². The summed E-state index contributed by atoms with van der Waals surface area (Å²) in [6.07, 6.45) is 1.74. The van der Waals surface area contributed by atoms with Crippen molar-refractivity contribution >= 4 is 57.8 Å². The predicted octanol–water partition coefficient (Wildman–Crippen LogP) is 6.87. The molecule has 1 aliphatic rings. The molecule has 3 aromatic rings. The van der Waals surface area contributed by atoms with E-state index in [4.69, 9.17) is 37.4 Å². The van der Waals surface area contributed by atoms with Crippen molar-refractivity contribution in [2.45, 2.75) is 13.5 Å². The quantitative estimate of drug-likeness (QED) is 0.323. The number of methoxy groups -OCH3 is 1. The molecule has 0 atom stereocenters. The molecule has 1 saturated heterocycles. The molecule has 0 spiro atoms. The molecule has 35 heavy (non-hydrogen) atoms. The molecule has 1 fully saturated rings. The van der Waals surface area contributed by atoms with Crippen LogP contribution in [0.3, 0.4) is 0 Å². The van der Waals surface area contributed by atoms with Gasteiger partial charge in [0.1, 0.15) is 12.4 Å². The molecule has 0 unspecified atom stereocenters. The van der Waals surface area contributed by atoms with Gasteiger partial charge in [-0.1, -0.05) is 35.3 Å². The zero-order valence-electron chi connectivity index (χ0n) is 19.0. The molecule has 3 aromatic carbocycles. The van der Waals surface area contributed by atoms with Crippen LogP contribution in [0.4, 0.5) is 5.69 Å². The second-order valence-electron chi connectivity index (χ2n) is 7.36. The Balaban J connectivity index is 1.53. The van der Waals surface area contributed by atoms with Crippen LogP contribution in [0.1, 0.15) is 18.1 Å². The topological polar surface area (TPSA) is 69.2 Å². The van der Waals surface area contributed by atoms with Crippen molar-refractivity contribution in [2.75, 3.05) is 13.7 Å². The van der Waals surface area contributed by atoms with Crippen LogP contribution in [-0.2, 0) is 11.4 Å². The Kier molecular flexibility index (Phi) is 8.23. The summed E-state index contributed by atoms with van der Waals surface area (Å²) < 4.78 is 16.9. The molecule has 0 bridgehead atoms. The average Bonchev–Trinajstić information content (AvgIpc) is 3.18. The molecule has 180 valence electrons. The van der Waals surface area contributed by atoms with Crippen LogP contribution in [0.2, 0.25) is 10.0 Å². The number of amidine groups is 1. The van der Waals surface area contributed by atoms with E-state index in [2.05, 4.69) is 10.3 Å². The third-order valence-corrected chi connectivity index (χ3v) is 6.32. The molecule has 1 aliphatic heterocycles. The fraction of sp³-hybridized carbons (Fsp3) is 0.154. The number of rotatable bonds is 8. The summed E-state index contributed by atoms with van der Waals surface area (Å²) in [5.74, 6) is 1.44. The maximum absolute atomic E-state index is 12.5. The molecule has 1 heterocycles. The predicted molar refractivity (Wildman–Crippen MR) is 142 cm³/mol. The molecule has 1 amide bonds. The monoisotopic (exact) mass is 528 g/mol. The molecule has 6 nitrogen and oxygen atoms in total. The van der Waals surface area contributed by atoms with Gasteiger partial charge in [0.05, 0.1) is 29.3 Å². The van der Waals surface area contributed by atoms with Crippen LogP contribution in [0, 0.1) is 0 Å². The van der Waals surface area contributed by atoms with Crippen molar-refractivity contribution in [1.29, 1.82) is 0 Å². The normalized spacial score (nSPS) is 15.4. The highest BCUT2D eigenvalue weighted by atomic mass is 35.5. The summed E-state index contributed by atoms with van der Waals surface area (Å²) in [7, 11) is 1.60. The lowest BCUT2D eigenvalue weighted by Gasteiger charge is -2.15. The highest BCUT2D eigenvalue weighted by Gasteiger charge is 2.24. The van der Waals surface area contributed by atoms with Crippen molar-refractivity contribution < 1.29 is 19.0 Å². The van der Waals surface area contributed by atoms with E-state index < -0.39 is 0 Å². The van der Waals surface area contributed by atoms with Gasteiger partial charge in [-0.25, -0.2) is 4.99 Å². The minimum absolute atomic E-state index is 0.237. The lowest BCUT2D eigenvalue weighted by atomic mass is 10.1. The maximum Gasteiger partial charge on any atom is 0.264 e. The van der Waals surface area contributed by atoms with Crippen LogP contribution in [0.25, 0.3) is 6.08 Å². The van der Waals surface area contributed by atoms with Crippen LogP contribution in [0.5, 0.6) is 17.2 Å². The lowest BCUT2D eigenvalue weighted by Crippen LogP contribution is -2.19. The average molecular weight is 529 g/mol. The Morgan fingerprint density at radius 3 is 2.46 bits per heavy atom. The van der Waals surface area contributed by atoms with E-state index in [0.29, 0.717) is 56.1 Å². The highest BCUT2D eigenvalue weighted by Crippen LogP contribution is 2.39. The number of thioether (sulfide) groups is 1. The first-order chi connectivity index (χ1) is 16.9. The molecule has 4 rings (SSSR count). The number of nitrogens with one attached hydrogen (secondary N) is 1. The van der Waals surface area contributed by atoms with E-state index in [0.717, 1.165) is 11.3 Å². The van der Waals surface area contributed by atoms with Gasteiger partial charge in [0.15, 0.2) is 16.7 Å². The van der Waals surface area contributed by atoms with Crippen LogP contribution >= 0.6 is 35.0 Å². The van der Waals surface area contributed by atoms with Crippen molar-refractivity contribution in [3.63, 3.8) is 0 Å². The maximum atomic E-state index is 12.5. The number of carbonyl (C=O) groups excluding carboxylic acids is 1. The minimum Gasteiger partial charge on any atom is -0.497 e. The van der Waals surface area contributed by atoms with Crippen LogP contribution < -0.4 is 19.5 Å². The van der Waals surface area contributed by atoms with Crippen LogP contribution in [-0.4, -0.2) is 24.8 Å². The summed E-state index contributed by atoms with van der Waals surface area (Å²) >= 11 is 13.7. The van der Waals surface area contributed by atoms with Crippen molar-refractivity contribution in [3.8, 4) is 17.2 Å². The first-order valence-electron chi connectivity index (χ1n) is 10.7. The Bertz CT molecular complexity index is 1280. The number of aliphatic imine (C=N–C) groups is 1. The fourth-order valence-corrected chi connectivity index (χ4v) is 4.46. The van der Waals surface area contributed by atoms with E-state index >= 15 is 0 Å². The van der Waals surface area contributed by atoms with E-state index in [1.807, 2.05) is 43.3 Å². The van der Waals surface area contributed by atoms with Gasteiger partial charge < -0.3 is 19.5 Å². The number of hydrogen-bond donors (Lipinski definition) is 1. The van der Waals surface area contributed by atoms with E-state index in [1.165, 1.54) is 11.8 Å². The second kappa shape index (κ2) is 11.5. The Morgan fingerprint density at radius 2 is 1.77 bits per heavy atom. The molecule has 0 saturated carbocycles. The summed E-state index contributed by atoms with van der Waals surface area (Å²) in [6.45, 7) is 2.62. The standard InChI is InChI=1S/C26H22Cl2N2O4S/c1-3-33-22-13-17(12-21(28)24(22)34-15-16-4-6-18(27)7-5-16)14-23-25(31)30-26(35-23)29-19-8-10-20(32-2)11-9-19/h4-14H,3,15H2,1-2H3,(H,29,30,31)/b23-14-. The summed E-state index contributed by atoms with van der Waals surface area (Å²) in [4.78, 5) is 17.5. The number of halogens is 2. The number of hydrogen-bond acceptors (Lipinski definition) is 6. The Hall–Kier alpha value is -3.13. The number of ether oxygens (including phenoxy) is 3. The highest BCUT2D eigenvalue weighted by molar-refractivity contribution is 8.18. The molecule has 0 aliphatic carbocycles. The summed E-state index contributed by atoms with van der Waals surface area (Å²) in [5.41, 5.74) is 2.36. The first-order valence-corrected chi connectivity index (χ1v) is 12.3. The zero-order chi connectivity index (χ0) is 24.8. The van der Waals surface area contributed by atoms with Gasteiger partial charge in [0.2, 0.25) is 0 Å². The smallest absolute Gasteiger partial charge is 0.264 e. The zero-order valence-corrected chi connectivity index (χ0v) is 21.3. The van der Waals surface area contributed by atoms with Crippen molar-refractivity contribution in [2.24, 2.45) is 4.99 Å². The Labute approximate surface area is 217 Å². The van der Waals surface area contributed by atoms with Gasteiger partial charge in [-0.05, 0) is 84.4 Å². The van der Waals surface area contributed by atoms with Gasteiger partial charge >= 0.3 is 0 Å². The van der Waals surface area contributed by atoms with Crippen molar-refractivity contribution in [3.05, 3.63) is 86.7 Å². The number of benzene rings is 3. The summed E-state index contributed by atoms with van der Waals surface area (Å²) in [5, 5.41) is 4.32. The van der Waals surface area contributed by atoms with E-state index in [1.54, 1.807) is 37.5 Å². The first kappa shape index (κ1) is 25.0. The van der Waals surface area contributed by atoms with Crippen molar-refractivity contribution in [1.82, 2.24) is 5.32 Å². The molecular weight excluding hydrogens is 507 g/mol. The Morgan fingerprint density at radius 1 is 1.03 bits per heavy atom. The molecular formula is C26H22Cl2N2O4S. The second-order valence-corrected chi connectivity index (χ2v) is 9.23. The number of amides is 1.